The van der Waals surface area contributed by atoms with Crippen molar-refractivity contribution in [2.24, 2.45) is 0 Å². The van der Waals surface area contributed by atoms with Crippen LogP contribution in [0.25, 0.3) is 0 Å². The summed E-state index contributed by atoms with van der Waals surface area (Å²) >= 11 is 0. The minimum Gasteiger partial charge on any atom is -0.396 e. The molecular weight excluding hydrogens is 182 g/mol. The van der Waals surface area contributed by atoms with Crippen molar-refractivity contribution in [3.05, 3.63) is 0 Å². The van der Waals surface area contributed by atoms with Gasteiger partial charge in [-0.05, 0) is 26.3 Å². The summed E-state index contributed by atoms with van der Waals surface area (Å²) in [4.78, 5) is 0. The van der Waals surface area contributed by atoms with Gasteiger partial charge in [0.15, 0.2) is 0 Å². The van der Waals surface area contributed by atoms with Crippen LogP contribution >= 0.6 is 0 Å². The lowest BCUT2D eigenvalue weighted by Gasteiger charge is -2.16. The van der Waals surface area contributed by atoms with Gasteiger partial charge in [-0.2, -0.15) is 0 Å². The number of ether oxygens (including phenoxy) is 2. The van der Waals surface area contributed by atoms with Gasteiger partial charge in [0.25, 0.3) is 0 Å². The minimum atomic E-state index is 0.203. The maximum absolute atomic E-state index is 8.76. The summed E-state index contributed by atoms with van der Waals surface area (Å²) < 4.78 is 11.0. The van der Waals surface area contributed by atoms with Gasteiger partial charge >= 0.3 is 0 Å². The Hall–Kier alpha value is -0.160. The number of likely N-dealkylation sites (N-methyl/N-ethyl adjacent to an activating group) is 1. The molecule has 2 unspecified atom stereocenters. The summed E-state index contributed by atoms with van der Waals surface area (Å²) in [5.74, 6) is 0. The average Bonchev–Trinajstić information content (AvgIpc) is 2.69. The molecule has 4 heteroatoms. The maximum Gasteiger partial charge on any atom is 0.0809 e. The second kappa shape index (κ2) is 7.17. The van der Waals surface area contributed by atoms with Crippen molar-refractivity contribution in [2.75, 3.05) is 33.5 Å². The summed E-state index contributed by atoms with van der Waals surface area (Å²) in [7, 11) is 1.88. The first-order valence-corrected chi connectivity index (χ1v) is 5.34. The minimum absolute atomic E-state index is 0.203. The largest absolute Gasteiger partial charge is 0.396 e. The molecule has 1 aliphatic heterocycles. The quantitative estimate of drug-likeness (QED) is 0.618. The molecule has 4 nitrogen and oxygen atoms in total. The van der Waals surface area contributed by atoms with Gasteiger partial charge in [-0.1, -0.05) is 0 Å². The molecule has 0 saturated carbocycles. The van der Waals surface area contributed by atoms with Crippen LogP contribution < -0.4 is 5.32 Å². The third-order valence-electron chi connectivity index (χ3n) is 2.53. The smallest absolute Gasteiger partial charge is 0.0809 e. The van der Waals surface area contributed by atoms with E-state index in [-0.39, 0.29) is 12.6 Å². The van der Waals surface area contributed by atoms with E-state index in [1.54, 1.807) is 0 Å². The number of aliphatic hydroxyl groups excluding tert-OH is 1. The van der Waals surface area contributed by atoms with E-state index in [4.69, 9.17) is 14.6 Å². The summed E-state index contributed by atoms with van der Waals surface area (Å²) in [6.45, 7) is 2.41. The number of nitrogens with one attached hydrogen (secondary N) is 1. The Labute approximate surface area is 85.6 Å². The molecule has 0 radical (unpaired) electrons. The van der Waals surface area contributed by atoms with Crippen molar-refractivity contribution in [1.82, 2.24) is 5.32 Å². The lowest BCUT2D eigenvalue weighted by atomic mass is 10.2. The predicted octanol–water partition coefficient (Wildman–Crippen LogP) is 0.152. The predicted molar refractivity (Wildman–Crippen MR) is 54.3 cm³/mol. The third kappa shape index (κ3) is 4.37. The summed E-state index contributed by atoms with van der Waals surface area (Å²) in [6, 6.07) is 0.251. The molecule has 1 fully saturated rings. The molecule has 0 spiro atoms. The Morgan fingerprint density at radius 2 is 2.50 bits per heavy atom. The van der Waals surface area contributed by atoms with Crippen molar-refractivity contribution in [3.8, 4) is 0 Å². The van der Waals surface area contributed by atoms with Crippen molar-refractivity contribution < 1.29 is 14.6 Å². The molecule has 2 atom stereocenters. The Kier molecular flexibility index (Phi) is 6.10. The zero-order valence-electron chi connectivity index (χ0n) is 8.87. The van der Waals surface area contributed by atoms with Crippen LogP contribution in [0.5, 0.6) is 0 Å². The van der Waals surface area contributed by atoms with Crippen LogP contribution in [-0.2, 0) is 9.47 Å². The number of hydrogen-bond donors (Lipinski definition) is 2. The van der Waals surface area contributed by atoms with Crippen LogP contribution in [0, 0.1) is 0 Å². The van der Waals surface area contributed by atoms with Gasteiger partial charge in [-0.3, -0.25) is 0 Å². The van der Waals surface area contributed by atoms with Crippen molar-refractivity contribution in [3.63, 3.8) is 0 Å². The fourth-order valence-electron chi connectivity index (χ4n) is 1.58. The molecule has 1 rings (SSSR count). The summed E-state index contributed by atoms with van der Waals surface area (Å²) in [5, 5.41) is 11.9. The molecule has 1 saturated heterocycles. The molecule has 84 valence electrons. The number of hydrogen-bond acceptors (Lipinski definition) is 4. The van der Waals surface area contributed by atoms with Crippen LogP contribution in [-0.4, -0.2) is 50.7 Å². The first kappa shape index (κ1) is 11.9. The first-order valence-electron chi connectivity index (χ1n) is 5.34. The normalized spacial score (nSPS) is 24.0. The van der Waals surface area contributed by atoms with Crippen molar-refractivity contribution in [1.29, 1.82) is 0 Å². The number of rotatable bonds is 7. The Balaban J connectivity index is 2.00. The van der Waals surface area contributed by atoms with Crippen LogP contribution in [0.3, 0.4) is 0 Å². The van der Waals surface area contributed by atoms with Gasteiger partial charge < -0.3 is 19.9 Å². The Morgan fingerprint density at radius 3 is 3.07 bits per heavy atom. The van der Waals surface area contributed by atoms with Gasteiger partial charge in [0.1, 0.15) is 0 Å². The fourth-order valence-corrected chi connectivity index (χ4v) is 1.58. The molecule has 0 aromatic rings. The van der Waals surface area contributed by atoms with Crippen LogP contribution in [0.15, 0.2) is 0 Å². The average molecular weight is 203 g/mol. The van der Waals surface area contributed by atoms with Gasteiger partial charge in [0.05, 0.1) is 19.3 Å². The zero-order chi connectivity index (χ0) is 10.2. The van der Waals surface area contributed by atoms with Crippen LogP contribution in [0.1, 0.15) is 19.3 Å². The summed E-state index contributed by atoms with van der Waals surface area (Å²) in [6.07, 6.45) is 3.30. The van der Waals surface area contributed by atoms with E-state index in [9.17, 15) is 0 Å². The number of aliphatic hydroxyl groups is 1. The van der Waals surface area contributed by atoms with Gasteiger partial charge in [-0.25, -0.2) is 0 Å². The molecule has 0 amide bonds. The maximum atomic E-state index is 8.76. The second-order valence-corrected chi connectivity index (χ2v) is 3.67. The molecule has 14 heavy (non-hydrogen) atoms. The molecule has 2 N–H and O–H groups in total. The molecule has 0 aliphatic carbocycles. The fraction of sp³-hybridized carbons (Fsp3) is 1.00. The first-order chi connectivity index (χ1) is 6.86. The van der Waals surface area contributed by atoms with E-state index < -0.39 is 0 Å². The van der Waals surface area contributed by atoms with Crippen molar-refractivity contribution in [2.45, 2.75) is 31.4 Å². The van der Waals surface area contributed by atoms with Crippen LogP contribution in [0.2, 0.25) is 0 Å². The SMILES string of the molecule is CNC(CCO)COCC1CCCO1. The molecule has 1 aliphatic rings. The lowest BCUT2D eigenvalue weighted by Crippen LogP contribution is -2.32. The molecule has 0 aromatic heterocycles. The van der Waals surface area contributed by atoms with E-state index in [1.165, 1.54) is 0 Å². The standard InChI is InChI=1S/C10H21NO3/c1-11-9(4-5-12)7-13-8-10-3-2-6-14-10/h9-12H,2-8H2,1H3. The Bertz CT molecular complexity index is 137. The molecule has 0 aromatic carbocycles. The topological polar surface area (TPSA) is 50.7 Å². The summed E-state index contributed by atoms with van der Waals surface area (Å²) in [5.41, 5.74) is 0. The van der Waals surface area contributed by atoms with Crippen molar-refractivity contribution >= 4 is 0 Å². The highest BCUT2D eigenvalue weighted by atomic mass is 16.5. The van der Waals surface area contributed by atoms with E-state index >= 15 is 0 Å². The van der Waals surface area contributed by atoms with E-state index in [2.05, 4.69) is 5.32 Å². The monoisotopic (exact) mass is 203 g/mol. The Morgan fingerprint density at radius 1 is 1.64 bits per heavy atom. The van der Waals surface area contributed by atoms with E-state index in [1.807, 2.05) is 7.05 Å². The third-order valence-corrected chi connectivity index (χ3v) is 2.53. The highest BCUT2D eigenvalue weighted by molar-refractivity contribution is 4.66. The lowest BCUT2D eigenvalue weighted by molar-refractivity contribution is 0.00888. The molecular formula is C10H21NO3. The molecule has 0 bridgehead atoms. The highest BCUT2D eigenvalue weighted by Gasteiger charge is 2.16. The highest BCUT2D eigenvalue weighted by Crippen LogP contribution is 2.11. The van der Waals surface area contributed by atoms with Crippen LogP contribution in [0.4, 0.5) is 0 Å². The van der Waals surface area contributed by atoms with Gasteiger partial charge in [0, 0.05) is 19.3 Å². The van der Waals surface area contributed by atoms with E-state index in [0.717, 1.165) is 25.9 Å². The second-order valence-electron chi connectivity index (χ2n) is 3.67. The van der Waals surface area contributed by atoms with Gasteiger partial charge in [-0.15, -0.1) is 0 Å². The zero-order valence-corrected chi connectivity index (χ0v) is 8.87. The molecule has 1 heterocycles. The van der Waals surface area contributed by atoms with Gasteiger partial charge in [0.2, 0.25) is 0 Å². The van der Waals surface area contributed by atoms with E-state index in [0.29, 0.717) is 19.3 Å².